The molecule has 0 heterocycles. The summed E-state index contributed by atoms with van der Waals surface area (Å²) in [4.78, 5) is 0. The Kier molecular flexibility index (Phi) is 2.92. The Bertz CT molecular complexity index is 512. The smallest absolute Gasteiger partial charge is 0.0178 e. The first kappa shape index (κ1) is 10.3. The van der Waals surface area contributed by atoms with Gasteiger partial charge in [-0.1, -0.05) is 48.5 Å². The maximum Gasteiger partial charge on any atom is -0.0178 e. The molecule has 0 aliphatic heterocycles. The lowest BCUT2D eigenvalue weighted by atomic mass is 10.0. The molecule has 0 aromatic heterocycles. The van der Waals surface area contributed by atoms with E-state index in [1.54, 1.807) is 0 Å². The summed E-state index contributed by atoms with van der Waals surface area (Å²) in [7, 11) is 0. The van der Waals surface area contributed by atoms with Crippen molar-refractivity contribution in [3.05, 3.63) is 60.7 Å². The fourth-order valence-corrected chi connectivity index (χ4v) is 1.88. The molecule has 0 fully saturated rings. The zero-order chi connectivity index (χ0) is 11.4. The number of benzene rings is 3. The van der Waals surface area contributed by atoms with E-state index in [1.807, 2.05) is 0 Å². The monoisotopic (exact) mass is 208 g/mol. The van der Waals surface area contributed by atoms with Gasteiger partial charge in [0.1, 0.15) is 0 Å². The molecule has 0 aliphatic carbocycles. The maximum absolute atomic E-state index is 5.00. The van der Waals surface area contributed by atoms with Gasteiger partial charge in [0, 0.05) is 0 Å². The van der Waals surface area contributed by atoms with E-state index in [1.165, 1.54) is 21.5 Å². The predicted octanol–water partition coefficient (Wildman–Crippen LogP) is 4.59. The van der Waals surface area contributed by atoms with Crippen LogP contribution in [0.4, 0.5) is 0 Å². The van der Waals surface area contributed by atoms with E-state index >= 15 is 0 Å². The Morgan fingerprint density at radius 2 is 0.750 bits per heavy atom. The molecule has 3 aromatic rings. The Morgan fingerprint density at radius 1 is 0.500 bits per heavy atom. The molecule has 0 saturated heterocycles. The molecule has 2 heteroatoms. The predicted molar refractivity (Wildman–Crippen MR) is 66.9 cm³/mol. The van der Waals surface area contributed by atoms with E-state index in [0.29, 0.717) is 0 Å². The first-order chi connectivity index (χ1) is 7.93. The highest BCUT2D eigenvalue weighted by atomic mass is 14.7. The molecule has 2 N–H and O–H groups in total. The number of fused-ring (bicyclic) bond motifs is 2. The molecule has 0 saturated carbocycles. The third-order valence-electron chi connectivity index (χ3n) is 2.61. The molecule has 3 rings (SSSR count). The van der Waals surface area contributed by atoms with Gasteiger partial charge in [-0.15, -0.1) is 0 Å². The van der Waals surface area contributed by atoms with Gasteiger partial charge in [-0.05, 0) is 33.7 Å². The van der Waals surface area contributed by atoms with Crippen LogP contribution in [0, 0.1) is 11.1 Å². The summed E-state index contributed by atoms with van der Waals surface area (Å²) >= 11 is 0. The number of nitrogens with one attached hydrogen (secondary N) is 2. The lowest BCUT2D eigenvalue weighted by Gasteiger charge is -2.00. The lowest BCUT2D eigenvalue weighted by molar-refractivity contribution is 1.05. The zero-order valence-electron chi connectivity index (χ0n) is 8.77. The highest BCUT2D eigenvalue weighted by Crippen LogP contribution is 2.21. The van der Waals surface area contributed by atoms with Gasteiger partial charge < -0.3 is 0 Å². The summed E-state index contributed by atoms with van der Waals surface area (Å²) < 4.78 is 0. The van der Waals surface area contributed by atoms with E-state index in [4.69, 9.17) is 11.1 Å². The van der Waals surface area contributed by atoms with E-state index in [9.17, 15) is 0 Å². The fraction of sp³-hybridized carbons (Fsp3) is 0. The van der Waals surface area contributed by atoms with Gasteiger partial charge in [0.2, 0.25) is 0 Å². The maximum atomic E-state index is 5.00. The summed E-state index contributed by atoms with van der Waals surface area (Å²) in [6, 6.07) is 21.4. The van der Waals surface area contributed by atoms with Gasteiger partial charge in [0.25, 0.3) is 0 Å². The minimum atomic E-state index is 1.31. The largest absolute Gasteiger partial charge is 0.213 e. The average Bonchev–Trinajstić information content (AvgIpc) is 2.38. The first-order valence-electron chi connectivity index (χ1n) is 5.06. The van der Waals surface area contributed by atoms with Crippen molar-refractivity contribution in [2.75, 3.05) is 0 Å². The summed E-state index contributed by atoms with van der Waals surface area (Å²) in [5, 5.41) is 5.25. The van der Waals surface area contributed by atoms with Crippen LogP contribution in [0.15, 0.2) is 60.7 Å². The van der Waals surface area contributed by atoms with Gasteiger partial charge in [-0.25, -0.2) is 11.1 Å². The van der Waals surface area contributed by atoms with Gasteiger partial charge in [-0.3, -0.25) is 0 Å². The van der Waals surface area contributed by atoms with Crippen molar-refractivity contribution in [2.24, 2.45) is 0 Å². The van der Waals surface area contributed by atoms with Crippen molar-refractivity contribution in [3.8, 4) is 0 Å². The molecule has 0 unspecified atom stereocenters. The Balaban J connectivity index is 0.000000457. The molecule has 0 spiro atoms. The molecule has 3 aromatic carbocycles. The minimum absolute atomic E-state index is 1.31. The number of rotatable bonds is 0. The lowest BCUT2D eigenvalue weighted by Crippen LogP contribution is -1.74. The van der Waals surface area contributed by atoms with Crippen LogP contribution in [-0.4, -0.2) is 0 Å². The van der Waals surface area contributed by atoms with Crippen LogP contribution in [-0.2, 0) is 0 Å². The molecule has 2 nitrogen and oxygen atoms in total. The van der Waals surface area contributed by atoms with E-state index in [2.05, 4.69) is 60.7 Å². The SMILES string of the molecule is N=N.c1ccc2cc3ccccc3cc2c1. The van der Waals surface area contributed by atoms with Crippen molar-refractivity contribution in [1.82, 2.24) is 0 Å². The zero-order valence-corrected chi connectivity index (χ0v) is 8.77. The van der Waals surface area contributed by atoms with Crippen molar-refractivity contribution in [1.29, 1.82) is 11.1 Å². The second-order valence-electron chi connectivity index (χ2n) is 3.55. The van der Waals surface area contributed by atoms with Crippen LogP contribution in [0.5, 0.6) is 0 Å². The van der Waals surface area contributed by atoms with E-state index in [0.717, 1.165) is 0 Å². The molecule has 0 radical (unpaired) electrons. The van der Waals surface area contributed by atoms with Crippen LogP contribution in [0.1, 0.15) is 0 Å². The topological polar surface area (TPSA) is 47.7 Å². The average molecular weight is 208 g/mol. The highest BCUT2D eigenvalue weighted by Gasteiger charge is 1.95. The van der Waals surface area contributed by atoms with Crippen LogP contribution >= 0.6 is 0 Å². The third kappa shape index (κ3) is 1.77. The molecule has 0 bridgehead atoms. The van der Waals surface area contributed by atoms with Gasteiger partial charge >= 0.3 is 0 Å². The second kappa shape index (κ2) is 4.53. The van der Waals surface area contributed by atoms with E-state index in [-0.39, 0.29) is 0 Å². The van der Waals surface area contributed by atoms with Crippen molar-refractivity contribution in [3.63, 3.8) is 0 Å². The highest BCUT2D eigenvalue weighted by molar-refractivity contribution is 5.97. The summed E-state index contributed by atoms with van der Waals surface area (Å²) in [6.07, 6.45) is 0. The molecule has 16 heavy (non-hydrogen) atoms. The molecular weight excluding hydrogens is 196 g/mol. The Morgan fingerprint density at radius 3 is 1.00 bits per heavy atom. The Hall–Kier alpha value is -2.22. The van der Waals surface area contributed by atoms with Crippen molar-refractivity contribution >= 4 is 21.5 Å². The fourth-order valence-electron chi connectivity index (χ4n) is 1.88. The second-order valence-corrected chi connectivity index (χ2v) is 3.55. The summed E-state index contributed by atoms with van der Waals surface area (Å²) in [5.41, 5.74) is 10.0. The molecular formula is C14H12N2. The van der Waals surface area contributed by atoms with E-state index < -0.39 is 0 Å². The standard InChI is InChI=1S/C14H10.H2N2/c1-2-6-12-10-14-8-4-3-7-13(14)9-11(12)5-1;1-2/h1-10H;1-2H. The van der Waals surface area contributed by atoms with Crippen molar-refractivity contribution in [2.45, 2.75) is 0 Å². The number of hydrogen-bond acceptors (Lipinski definition) is 2. The van der Waals surface area contributed by atoms with Crippen LogP contribution in [0.3, 0.4) is 0 Å². The normalized spacial score (nSPS) is 9.75. The van der Waals surface area contributed by atoms with Gasteiger partial charge in [-0.2, -0.15) is 0 Å². The van der Waals surface area contributed by atoms with Gasteiger partial charge in [0.05, 0.1) is 0 Å². The van der Waals surface area contributed by atoms with Gasteiger partial charge in [0.15, 0.2) is 0 Å². The van der Waals surface area contributed by atoms with Crippen molar-refractivity contribution < 1.29 is 0 Å². The Labute approximate surface area is 93.8 Å². The molecule has 0 atom stereocenters. The third-order valence-corrected chi connectivity index (χ3v) is 2.61. The quantitative estimate of drug-likeness (QED) is 0.401. The molecule has 0 amide bonds. The first-order valence-corrected chi connectivity index (χ1v) is 5.06. The van der Waals surface area contributed by atoms with Crippen LogP contribution in [0.2, 0.25) is 0 Å². The van der Waals surface area contributed by atoms with Crippen LogP contribution < -0.4 is 0 Å². The summed E-state index contributed by atoms with van der Waals surface area (Å²) in [6.45, 7) is 0. The number of hydrogen-bond donors (Lipinski definition) is 2. The molecule has 0 aliphatic rings. The minimum Gasteiger partial charge on any atom is -0.213 e. The summed E-state index contributed by atoms with van der Waals surface area (Å²) in [5.74, 6) is 0. The van der Waals surface area contributed by atoms with Crippen LogP contribution in [0.25, 0.3) is 21.5 Å². The molecule has 78 valence electrons.